The molecular formula is C27H30N2O5. The topological polar surface area (TPSA) is 105 Å². The summed E-state index contributed by atoms with van der Waals surface area (Å²) in [7, 11) is 0. The minimum Gasteiger partial charge on any atom is -0.481 e. The first-order valence-electron chi connectivity index (χ1n) is 12.1. The molecule has 2 amide bonds. The Morgan fingerprint density at radius 1 is 0.971 bits per heavy atom. The molecule has 0 radical (unpaired) electrons. The highest BCUT2D eigenvalue weighted by atomic mass is 16.5. The van der Waals surface area contributed by atoms with E-state index in [-0.39, 0.29) is 43.2 Å². The zero-order chi connectivity index (χ0) is 23.7. The van der Waals surface area contributed by atoms with Crippen LogP contribution in [0.1, 0.15) is 62.0 Å². The quantitative estimate of drug-likeness (QED) is 0.545. The maximum absolute atomic E-state index is 12.7. The summed E-state index contributed by atoms with van der Waals surface area (Å²) in [6.07, 6.45) is 3.77. The van der Waals surface area contributed by atoms with Gasteiger partial charge in [0.1, 0.15) is 6.61 Å². The molecule has 0 aliphatic heterocycles. The normalized spacial score (nSPS) is 21.9. The maximum Gasteiger partial charge on any atom is 0.407 e. The number of hydrogen-bond donors (Lipinski definition) is 3. The van der Waals surface area contributed by atoms with Crippen molar-refractivity contribution in [2.75, 3.05) is 6.61 Å². The van der Waals surface area contributed by atoms with Gasteiger partial charge < -0.3 is 20.5 Å². The van der Waals surface area contributed by atoms with Crippen LogP contribution in [0, 0.1) is 5.92 Å². The van der Waals surface area contributed by atoms with E-state index in [1.165, 1.54) is 11.1 Å². The Bertz CT molecular complexity index is 1060. The van der Waals surface area contributed by atoms with Crippen molar-refractivity contribution in [2.24, 2.45) is 5.92 Å². The van der Waals surface area contributed by atoms with E-state index in [0.29, 0.717) is 0 Å². The molecule has 178 valence electrons. The molecule has 0 spiro atoms. The van der Waals surface area contributed by atoms with E-state index < -0.39 is 17.6 Å². The predicted molar refractivity (Wildman–Crippen MR) is 126 cm³/mol. The minimum absolute atomic E-state index is 0.00913. The number of amides is 2. The molecule has 5 rings (SSSR count). The lowest BCUT2D eigenvalue weighted by Crippen LogP contribution is -2.44. The number of nitrogens with one attached hydrogen (secondary N) is 2. The molecule has 34 heavy (non-hydrogen) atoms. The number of carbonyl (C=O) groups excluding carboxylic acids is 2. The highest BCUT2D eigenvalue weighted by molar-refractivity contribution is 5.81. The van der Waals surface area contributed by atoms with Crippen LogP contribution in [0.3, 0.4) is 0 Å². The number of aliphatic carboxylic acids is 1. The van der Waals surface area contributed by atoms with Crippen LogP contribution in [-0.4, -0.2) is 41.3 Å². The lowest BCUT2D eigenvalue weighted by molar-refractivity contribution is -0.138. The highest BCUT2D eigenvalue weighted by Crippen LogP contribution is 2.45. The Balaban J connectivity index is 1.15. The van der Waals surface area contributed by atoms with Gasteiger partial charge in [-0.05, 0) is 53.9 Å². The number of benzene rings is 2. The van der Waals surface area contributed by atoms with Crippen LogP contribution in [0.25, 0.3) is 11.1 Å². The van der Waals surface area contributed by atoms with Crippen LogP contribution < -0.4 is 10.6 Å². The Morgan fingerprint density at radius 2 is 1.62 bits per heavy atom. The van der Waals surface area contributed by atoms with E-state index in [9.17, 15) is 14.4 Å². The molecule has 2 aromatic carbocycles. The Hall–Kier alpha value is -3.35. The molecule has 2 atom stereocenters. The predicted octanol–water partition coefficient (Wildman–Crippen LogP) is 4.21. The Labute approximate surface area is 198 Å². The number of ether oxygens (including phenoxy) is 1. The maximum atomic E-state index is 12.7. The fraction of sp³-hybridized carbons (Fsp3) is 0.444. The van der Waals surface area contributed by atoms with Crippen LogP contribution in [0.15, 0.2) is 48.5 Å². The molecule has 0 aromatic heterocycles. The van der Waals surface area contributed by atoms with Crippen LogP contribution >= 0.6 is 0 Å². The number of fused-ring (bicyclic) bond motifs is 3. The van der Waals surface area contributed by atoms with Crippen LogP contribution in [0.2, 0.25) is 0 Å². The third-order valence-electron chi connectivity index (χ3n) is 7.51. The van der Waals surface area contributed by atoms with Crippen molar-refractivity contribution in [1.29, 1.82) is 0 Å². The van der Waals surface area contributed by atoms with Crippen molar-refractivity contribution in [3.63, 3.8) is 0 Å². The summed E-state index contributed by atoms with van der Waals surface area (Å²) in [4.78, 5) is 36.4. The summed E-state index contributed by atoms with van der Waals surface area (Å²) in [6, 6.07) is 16.3. The van der Waals surface area contributed by atoms with Crippen molar-refractivity contribution in [3.05, 3.63) is 59.7 Å². The second-order valence-corrected chi connectivity index (χ2v) is 9.87. The van der Waals surface area contributed by atoms with Gasteiger partial charge >= 0.3 is 12.1 Å². The van der Waals surface area contributed by atoms with Crippen LogP contribution in [0.4, 0.5) is 4.79 Å². The molecule has 0 saturated heterocycles. The first-order chi connectivity index (χ1) is 16.4. The fourth-order valence-electron chi connectivity index (χ4n) is 5.61. The second kappa shape index (κ2) is 9.12. The molecule has 3 aliphatic carbocycles. The lowest BCUT2D eigenvalue weighted by atomic mass is 9.98. The number of carboxylic acid groups (broad SMARTS) is 1. The number of alkyl carbamates (subject to hydrolysis) is 1. The van der Waals surface area contributed by atoms with E-state index in [0.717, 1.165) is 43.2 Å². The average Bonchev–Trinajstić information content (AvgIpc) is 3.28. The summed E-state index contributed by atoms with van der Waals surface area (Å²) in [5.41, 5.74) is 4.10. The molecule has 2 saturated carbocycles. The number of rotatable bonds is 8. The molecule has 2 fully saturated rings. The zero-order valence-electron chi connectivity index (χ0n) is 19.1. The molecule has 3 N–H and O–H groups in total. The van der Waals surface area contributed by atoms with Gasteiger partial charge in [0, 0.05) is 18.4 Å². The molecule has 0 bridgehead atoms. The van der Waals surface area contributed by atoms with E-state index >= 15 is 0 Å². The largest absolute Gasteiger partial charge is 0.481 e. The molecular weight excluding hydrogens is 432 g/mol. The van der Waals surface area contributed by atoms with E-state index in [1.54, 1.807) is 0 Å². The van der Waals surface area contributed by atoms with Crippen LogP contribution in [-0.2, 0) is 14.3 Å². The van der Waals surface area contributed by atoms with Gasteiger partial charge in [0.15, 0.2) is 0 Å². The summed E-state index contributed by atoms with van der Waals surface area (Å²) in [6.45, 7) is 0.237. The Kier molecular flexibility index (Phi) is 6.02. The lowest BCUT2D eigenvalue weighted by Gasteiger charge is -2.22. The molecule has 2 unspecified atom stereocenters. The molecule has 7 nitrogen and oxygen atoms in total. The molecule has 7 heteroatoms. The number of carbonyl (C=O) groups is 3. The van der Waals surface area contributed by atoms with Gasteiger partial charge in [-0.15, -0.1) is 0 Å². The zero-order valence-corrected chi connectivity index (χ0v) is 19.1. The van der Waals surface area contributed by atoms with Crippen molar-refractivity contribution >= 4 is 18.0 Å². The van der Waals surface area contributed by atoms with Crippen molar-refractivity contribution in [1.82, 2.24) is 10.6 Å². The van der Waals surface area contributed by atoms with E-state index in [1.807, 2.05) is 24.3 Å². The molecule has 0 heterocycles. The summed E-state index contributed by atoms with van der Waals surface area (Å²) < 4.78 is 5.64. The molecule has 2 aromatic rings. The number of carboxylic acids is 1. The summed E-state index contributed by atoms with van der Waals surface area (Å²) in [5, 5.41) is 15.0. The van der Waals surface area contributed by atoms with Crippen molar-refractivity contribution in [2.45, 2.75) is 62.4 Å². The van der Waals surface area contributed by atoms with Gasteiger partial charge in [-0.25, -0.2) is 4.79 Å². The van der Waals surface area contributed by atoms with Gasteiger partial charge in [-0.2, -0.15) is 0 Å². The first kappa shape index (κ1) is 22.4. The van der Waals surface area contributed by atoms with E-state index in [4.69, 9.17) is 9.84 Å². The molecule has 3 aliphatic rings. The van der Waals surface area contributed by atoms with Gasteiger partial charge in [0.25, 0.3) is 0 Å². The fourth-order valence-corrected chi connectivity index (χ4v) is 5.61. The summed E-state index contributed by atoms with van der Waals surface area (Å²) in [5.74, 6) is -1.00. The first-order valence-corrected chi connectivity index (χ1v) is 12.1. The Morgan fingerprint density at radius 3 is 2.24 bits per heavy atom. The minimum atomic E-state index is -0.832. The number of hydrogen-bond acceptors (Lipinski definition) is 4. The smallest absolute Gasteiger partial charge is 0.407 e. The van der Waals surface area contributed by atoms with Gasteiger partial charge in [-0.3, -0.25) is 9.59 Å². The highest BCUT2D eigenvalue weighted by Gasteiger charge is 2.47. The van der Waals surface area contributed by atoms with Crippen molar-refractivity contribution < 1.29 is 24.2 Å². The standard InChI is InChI=1S/C27H30N2O5/c30-24(28-23-11-5-6-17(23)14-25(31)32)15-27(12-13-27)29-26(33)34-16-22-20-9-3-1-7-18(20)19-8-2-4-10-21(19)22/h1-4,7-10,17,22-23H,5-6,11-16H2,(H,28,30)(H,29,33)(H,31,32). The van der Waals surface area contributed by atoms with Crippen molar-refractivity contribution in [3.8, 4) is 11.1 Å². The van der Waals surface area contributed by atoms with Gasteiger partial charge in [0.05, 0.1) is 12.0 Å². The average molecular weight is 463 g/mol. The van der Waals surface area contributed by atoms with Gasteiger partial charge in [0.2, 0.25) is 5.91 Å². The second-order valence-electron chi connectivity index (χ2n) is 9.87. The SMILES string of the molecule is O=C(O)CC1CCCC1NC(=O)CC1(NC(=O)OCC2c3ccccc3-c3ccccc32)CC1. The summed E-state index contributed by atoms with van der Waals surface area (Å²) >= 11 is 0. The third-order valence-corrected chi connectivity index (χ3v) is 7.51. The van der Waals surface area contributed by atoms with E-state index in [2.05, 4.69) is 34.9 Å². The monoisotopic (exact) mass is 462 g/mol. The van der Waals surface area contributed by atoms with Gasteiger partial charge in [-0.1, -0.05) is 55.0 Å². The third kappa shape index (κ3) is 4.65. The van der Waals surface area contributed by atoms with Crippen LogP contribution in [0.5, 0.6) is 0 Å².